The Hall–Kier alpha value is -2.69. The van der Waals surface area contributed by atoms with Crippen molar-refractivity contribution in [2.24, 2.45) is 0 Å². The molecule has 1 aromatic heterocycles. The van der Waals surface area contributed by atoms with Gasteiger partial charge in [0.15, 0.2) is 0 Å². The number of hydrogen-bond donors (Lipinski definition) is 1. The molecule has 0 spiro atoms. The monoisotopic (exact) mass is 312 g/mol. The lowest BCUT2D eigenvalue weighted by Crippen LogP contribution is -2.16. The van der Waals surface area contributed by atoms with E-state index in [1.54, 1.807) is 19.1 Å². The van der Waals surface area contributed by atoms with Gasteiger partial charge in [0.25, 0.3) is 5.91 Å². The molecule has 1 amide bonds. The fourth-order valence-electron chi connectivity index (χ4n) is 2.03. The summed E-state index contributed by atoms with van der Waals surface area (Å²) in [5.74, 6) is -0.473. The number of pyridine rings is 1. The molecule has 2 rings (SSSR count). The van der Waals surface area contributed by atoms with Gasteiger partial charge in [0.2, 0.25) is 0 Å². The topological polar surface area (TPSA) is 68.3 Å². The molecule has 0 aliphatic heterocycles. The van der Waals surface area contributed by atoms with Crippen LogP contribution in [0.1, 0.15) is 53.2 Å². The minimum absolute atomic E-state index is 0.120. The van der Waals surface area contributed by atoms with E-state index in [9.17, 15) is 9.59 Å². The van der Waals surface area contributed by atoms with E-state index >= 15 is 0 Å². The van der Waals surface area contributed by atoms with Gasteiger partial charge in [-0.3, -0.25) is 4.79 Å². The Kier molecular flexibility index (Phi) is 5.46. The van der Waals surface area contributed by atoms with Crippen molar-refractivity contribution in [2.75, 3.05) is 11.9 Å². The second-order valence-electron chi connectivity index (χ2n) is 5.36. The second kappa shape index (κ2) is 7.54. The summed E-state index contributed by atoms with van der Waals surface area (Å²) in [7, 11) is 0. The van der Waals surface area contributed by atoms with Crippen LogP contribution in [-0.2, 0) is 4.74 Å². The van der Waals surface area contributed by atoms with Gasteiger partial charge >= 0.3 is 5.97 Å². The standard InChI is InChI=1S/C18H20N2O3/c1-4-23-18(22)16-7-5-6-15(20-16)17(21)19-14-10-8-13(9-11-14)12(2)3/h5-12H,4H2,1-3H3,(H,19,21). The van der Waals surface area contributed by atoms with E-state index in [4.69, 9.17) is 4.74 Å². The second-order valence-corrected chi connectivity index (χ2v) is 5.36. The molecular formula is C18H20N2O3. The Labute approximate surface area is 135 Å². The summed E-state index contributed by atoms with van der Waals surface area (Å²) in [5, 5.41) is 2.77. The van der Waals surface area contributed by atoms with E-state index in [0.717, 1.165) is 0 Å². The number of amides is 1. The number of esters is 1. The third-order valence-electron chi connectivity index (χ3n) is 3.30. The molecule has 0 saturated heterocycles. The Morgan fingerprint density at radius 1 is 1.09 bits per heavy atom. The number of aromatic nitrogens is 1. The molecule has 0 radical (unpaired) electrons. The largest absolute Gasteiger partial charge is 0.461 e. The van der Waals surface area contributed by atoms with Gasteiger partial charge in [0.1, 0.15) is 11.4 Å². The molecule has 0 aliphatic rings. The zero-order valence-electron chi connectivity index (χ0n) is 13.5. The maximum atomic E-state index is 12.2. The molecule has 0 unspecified atom stereocenters. The summed E-state index contributed by atoms with van der Waals surface area (Å²) >= 11 is 0. The zero-order chi connectivity index (χ0) is 16.8. The minimum atomic E-state index is -0.538. The Morgan fingerprint density at radius 2 is 1.74 bits per heavy atom. The predicted octanol–water partition coefficient (Wildman–Crippen LogP) is 3.63. The highest BCUT2D eigenvalue weighted by atomic mass is 16.5. The number of carbonyl (C=O) groups excluding carboxylic acids is 2. The summed E-state index contributed by atoms with van der Waals surface area (Å²) < 4.78 is 4.88. The number of benzene rings is 1. The first kappa shape index (κ1) is 16.7. The van der Waals surface area contributed by atoms with E-state index in [1.807, 2.05) is 24.3 Å². The summed E-state index contributed by atoms with van der Waals surface area (Å²) in [6.45, 7) is 6.20. The molecule has 1 aromatic carbocycles. The third kappa shape index (κ3) is 4.39. The maximum Gasteiger partial charge on any atom is 0.356 e. The summed E-state index contributed by atoms with van der Waals surface area (Å²) in [6, 6.07) is 12.3. The van der Waals surface area contributed by atoms with Crippen LogP contribution in [0, 0.1) is 0 Å². The quantitative estimate of drug-likeness (QED) is 0.856. The van der Waals surface area contributed by atoms with Crippen molar-refractivity contribution in [1.82, 2.24) is 4.98 Å². The van der Waals surface area contributed by atoms with Gasteiger partial charge in [-0.2, -0.15) is 0 Å². The van der Waals surface area contributed by atoms with Crippen molar-refractivity contribution < 1.29 is 14.3 Å². The number of nitrogens with zero attached hydrogens (tertiary/aromatic N) is 1. The van der Waals surface area contributed by atoms with E-state index in [0.29, 0.717) is 11.6 Å². The lowest BCUT2D eigenvalue weighted by Gasteiger charge is -2.08. The van der Waals surface area contributed by atoms with Crippen molar-refractivity contribution >= 4 is 17.6 Å². The van der Waals surface area contributed by atoms with Gasteiger partial charge in [0, 0.05) is 5.69 Å². The molecule has 5 nitrogen and oxygen atoms in total. The number of hydrogen-bond acceptors (Lipinski definition) is 4. The molecule has 120 valence electrons. The third-order valence-corrected chi connectivity index (χ3v) is 3.30. The molecule has 0 atom stereocenters. The lowest BCUT2D eigenvalue weighted by atomic mass is 10.0. The Balaban J connectivity index is 2.11. The van der Waals surface area contributed by atoms with Crippen LogP contribution in [0.2, 0.25) is 0 Å². The van der Waals surface area contributed by atoms with Crippen LogP contribution in [0.25, 0.3) is 0 Å². The Bertz CT molecular complexity index is 694. The van der Waals surface area contributed by atoms with Crippen LogP contribution in [0.3, 0.4) is 0 Å². The first-order valence-electron chi connectivity index (χ1n) is 7.56. The van der Waals surface area contributed by atoms with Crippen molar-refractivity contribution in [3.05, 3.63) is 59.4 Å². The highest BCUT2D eigenvalue weighted by Crippen LogP contribution is 2.17. The van der Waals surface area contributed by atoms with Crippen molar-refractivity contribution in [1.29, 1.82) is 0 Å². The van der Waals surface area contributed by atoms with Crippen LogP contribution >= 0.6 is 0 Å². The van der Waals surface area contributed by atoms with Crippen molar-refractivity contribution in [2.45, 2.75) is 26.7 Å². The number of nitrogens with one attached hydrogen (secondary N) is 1. The van der Waals surface area contributed by atoms with E-state index in [-0.39, 0.29) is 23.9 Å². The van der Waals surface area contributed by atoms with Crippen LogP contribution in [0.5, 0.6) is 0 Å². The van der Waals surface area contributed by atoms with Gasteiger partial charge in [-0.25, -0.2) is 9.78 Å². The number of carbonyl (C=O) groups is 2. The number of anilines is 1. The van der Waals surface area contributed by atoms with E-state index in [1.165, 1.54) is 11.6 Å². The molecule has 2 aromatic rings. The van der Waals surface area contributed by atoms with Crippen LogP contribution in [0.15, 0.2) is 42.5 Å². The Morgan fingerprint density at radius 3 is 2.35 bits per heavy atom. The normalized spacial score (nSPS) is 10.4. The van der Waals surface area contributed by atoms with Gasteiger partial charge in [-0.05, 0) is 42.7 Å². The van der Waals surface area contributed by atoms with Crippen molar-refractivity contribution in [3.63, 3.8) is 0 Å². The molecule has 0 bridgehead atoms. The van der Waals surface area contributed by atoms with Crippen LogP contribution < -0.4 is 5.32 Å². The van der Waals surface area contributed by atoms with E-state index in [2.05, 4.69) is 24.1 Å². The smallest absolute Gasteiger partial charge is 0.356 e. The average molecular weight is 312 g/mol. The van der Waals surface area contributed by atoms with Gasteiger partial charge in [-0.15, -0.1) is 0 Å². The molecule has 5 heteroatoms. The minimum Gasteiger partial charge on any atom is -0.461 e. The molecule has 0 saturated carbocycles. The molecule has 0 aliphatic carbocycles. The maximum absolute atomic E-state index is 12.2. The SMILES string of the molecule is CCOC(=O)c1cccc(C(=O)Nc2ccc(C(C)C)cc2)n1. The summed E-state index contributed by atoms with van der Waals surface area (Å²) in [5.41, 5.74) is 2.17. The van der Waals surface area contributed by atoms with Crippen LogP contribution in [0.4, 0.5) is 5.69 Å². The molecule has 0 fully saturated rings. The zero-order valence-corrected chi connectivity index (χ0v) is 13.5. The van der Waals surface area contributed by atoms with Crippen molar-refractivity contribution in [3.8, 4) is 0 Å². The highest BCUT2D eigenvalue weighted by Gasteiger charge is 2.13. The van der Waals surface area contributed by atoms with Gasteiger partial charge < -0.3 is 10.1 Å². The summed E-state index contributed by atoms with van der Waals surface area (Å²) in [6.07, 6.45) is 0. The summed E-state index contributed by atoms with van der Waals surface area (Å²) in [4.78, 5) is 27.9. The molecule has 1 heterocycles. The first-order chi connectivity index (χ1) is 11.0. The van der Waals surface area contributed by atoms with Gasteiger partial charge in [-0.1, -0.05) is 32.0 Å². The highest BCUT2D eigenvalue weighted by molar-refractivity contribution is 6.03. The fraction of sp³-hybridized carbons (Fsp3) is 0.278. The van der Waals surface area contributed by atoms with E-state index < -0.39 is 5.97 Å². The molecule has 23 heavy (non-hydrogen) atoms. The average Bonchev–Trinajstić information content (AvgIpc) is 2.55. The lowest BCUT2D eigenvalue weighted by molar-refractivity contribution is 0.0519. The molecular weight excluding hydrogens is 292 g/mol. The number of ether oxygens (including phenoxy) is 1. The fourth-order valence-corrected chi connectivity index (χ4v) is 2.03. The predicted molar refractivity (Wildman–Crippen MR) is 88.7 cm³/mol. The molecule has 1 N–H and O–H groups in total. The van der Waals surface area contributed by atoms with Crippen LogP contribution in [-0.4, -0.2) is 23.5 Å². The number of rotatable bonds is 5. The van der Waals surface area contributed by atoms with Gasteiger partial charge in [0.05, 0.1) is 6.61 Å². The first-order valence-corrected chi connectivity index (χ1v) is 7.56.